The molecule has 4 heterocycles. The summed E-state index contributed by atoms with van der Waals surface area (Å²) in [5.41, 5.74) is 1.22. The van der Waals surface area contributed by atoms with Gasteiger partial charge in [-0.2, -0.15) is 0 Å². The van der Waals surface area contributed by atoms with Crippen molar-refractivity contribution in [1.82, 2.24) is 30.2 Å². The predicted molar refractivity (Wildman–Crippen MR) is 361 cm³/mol. The molecule has 18 heteroatoms. The van der Waals surface area contributed by atoms with Gasteiger partial charge in [-0.05, 0) is 77.2 Å². The Morgan fingerprint density at radius 3 is 1.27 bits per heavy atom. The van der Waals surface area contributed by atoms with Crippen molar-refractivity contribution in [3.63, 3.8) is 0 Å². The van der Waals surface area contributed by atoms with Crippen LogP contribution in [-0.2, 0) is 52.7 Å². The number of Topliss-reactive ketones (excluding diaryl/α,β-unsaturated/α-hetero) is 5. The van der Waals surface area contributed by atoms with Gasteiger partial charge in [0.15, 0.2) is 23.1 Å². The summed E-state index contributed by atoms with van der Waals surface area (Å²) in [7, 11) is 6.45. The Bertz CT molecular complexity index is 2960. The quantitative estimate of drug-likeness (QED) is 0.133. The van der Waals surface area contributed by atoms with Gasteiger partial charge >= 0.3 is 0 Å². The maximum atomic E-state index is 14.1. The monoisotopic (exact) mass is 1300 g/mol. The van der Waals surface area contributed by atoms with E-state index in [4.69, 9.17) is 0 Å². The summed E-state index contributed by atoms with van der Waals surface area (Å²) in [5, 5.41) is 16.9. The molecule has 13 atom stereocenters. The lowest BCUT2D eigenvalue weighted by Gasteiger charge is -2.33. The minimum atomic E-state index is -1.38. The molecule has 6 fully saturated rings. The molecule has 2 aliphatic carbocycles. The highest BCUT2D eigenvalue weighted by atomic mass is 16.3. The van der Waals surface area contributed by atoms with Crippen LogP contribution < -0.4 is 10.6 Å². The van der Waals surface area contributed by atoms with E-state index in [0.29, 0.717) is 43.0 Å². The molecule has 0 aromatic heterocycles. The van der Waals surface area contributed by atoms with Crippen LogP contribution in [0.2, 0.25) is 0 Å². The fourth-order valence-electron chi connectivity index (χ4n) is 15.9. The molecule has 4 saturated heterocycles. The van der Waals surface area contributed by atoms with Gasteiger partial charge in [-0.25, -0.2) is 0 Å². The van der Waals surface area contributed by atoms with Crippen LogP contribution in [0.15, 0.2) is 60.7 Å². The van der Waals surface area contributed by atoms with E-state index in [2.05, 4.69) is 38.3 Å². The largest absolute Gasteiger partial charge is 0.385 e. The number of nitrogens with zero attached hydrogens (tertiary/aromatic N) is 4. The van der Waals surface area contributed by atoms with Crippen molar-refractivity contribution >= 4 is 64.4 Å². The highest BCUT2D eigenvalue weighted by Gasteiger charge is 2.70. The molecule has 6 aliphatic rings. The standard InChI is InChI=1S/C38H57N3O6.C38H55N3O6/c2*1-25-17-13-10-8-6-7-9-11-14-20-27(23-30(43)34-32-28(38(32,2)3)24-41(34)36(25)46)35(45)29(42)21-22-31(44)39-33(37(47)40(4)5)26-18-15-12-16-19-26/h12,15-16,18-19,25,27-28,32-35,45H,6-11,13-14,17,20-24H2,1-5H3,(H,39,44);12,15-16,18-19,25,27-28,32-34H,6-11,13-14,17,20-24H2,1-5H3,(H,39,44)/t25-,27+,28-,32-,33-,34+,35?;25-,27+,28-,32-,33-,34+/m00/s1. The third-order valence-corrected chi connectivity index (χ3v) is 22.2. The Hall–Kier alpha value is -6.43. The molecule has 4 aliphatic heterocycles. The number of rotatable bonds is 16. The number of fused-ring (bicyclic) bond motifs is 6. The van der Waals surface area contributed by atoms with Crippen molar-refractivity contribution in [3.05, 3.63) is 71.8 Å². The minimum absolute atomic E-state index is 0.0119. The van der Waals surface area contributed by atoms with Crippen molar-refractivity contribution < 1.29 is 57.8 Å². The van der Waals surface area contributed by atoms with Gasteiger partial charge in [-0.15, -0.1) is 0 Å². The average Bonchev–Trinajstić information content (AvgIpc) is 1.54. The number of carbonyl (C=O) groups is 11. The molecule has 0 spiro atoms. The van der Waals surface area contributed by atoms with E-state index in [9.17, 15) is 57.8 Å². The van der Waals surface area contributed by atoms with E-state index in [1.54, 1.807) is 81.6 Å². The van der Waals surface area contributed by atoms with E-state index in [1.165, 1.54) is 9.80 Å². The van der Waals surface area contributed by atoms with Crippen molar-refractivity contribution in [1.29, 1.82) is 0 Å². The van der Waals surface area contributed by atoms with Crippen LogP contribution in [0.1, 0.15) is 232 Å². The first-order valence-corrected chi connectivity index (χ1v) is 35.7. The molecule has 2 saturated carbocycles. The lowest BCUT2D eigenvalue weighted by molar-refractivity contribution is -0.144. The molecule has 6 amide bonds. The number of aliphatic hydroxyl groups excluding tert-OH is 1. The number of ketones is 5. The zero-order chi connectivity index (χ0) is 68.6. The van der Waals surface area contributed by atoms with Crippen molar-refractivity contribution in [2.24, 2.45) is 58.2 Å². The smallest absolute Gasteiger partial charge is 0.249 e. The Morgan fingerprint density at radius 2 is 0.862 bits per heavy atom. The number of piperidine rings is 2. The molecule has 8 rings (SSSR count). The second-order valence-corrected chi connectivity index (χ2v) is 30.2. The molecule has 18 nitrogen and oxygen atoms in total. The van der Waals surface area contributed by atoms with Crippen LogP contribution in [0.3, 0.4) is 0 Å². The van der Waals surface area contributed by atoms with Gasteiger partial charge < -0.3 is 35.3 Å². The molecular formula is C76H112N6O12. The summed E-state index contributed by atoms with van der Waals surface area (Å²) in [6, 6.07) is 15.0. The molecule has 0 bridgehead atoms. The van der Waals surface area contributed by atoms with Gasteiger partial charge in [0.2, 0.25) is 41.2 Å². The molecule has 1 unspecified atom stereocenters. The Labute approximate surface area is 560 Å². The summed E-state index contributed by atoms with van der Waals surface area (Å²) in [6.07, 6.45) is 16.9. The summed E-state index contributed by atoms with van der Waals surface area (Å²) in [5.74, 6) is -4.29. The summed E-state index contributed by atoms with van der Waals surface area (Å²) >= 11 is 0. The third-order valence-electron chi connectivity index (χ3n) is 22.2. The second-order valence-electron chi connectivity index (χ2n) is 30.2. The predicted octanol–water partition coefficient (Wildman–Crippen LogP) is 10.7. The van der Waals surface area contributed by atoms with Gasteiger partial charge in [0.1, 0.15) is 18.2 Å². The Kier molecular flexibility index (Phi) is 27.5. The first kappa shape index (κ1) is 75.0. The number of hydrogen-bond acceptors (Lipinski definition) is 12. The SMILES string of the molecule is C[C@H]1CCCCCCCCCC[C@@H](C(=O)C(=O)CCC(=O)N[C@H](C(=O)N(C)C)c2ccccc2)CC(=O)[C@@H]2[C@@H]3[C@H](CN2C1=O)C3(C)C.C[C@H]1CCCCCCCCCC[C@@H](C(O)C(=O)CCC(=O)N[C@H](C(=O)N(C)C)c2ccccc2)CC(=O)[C@@H]2[C@@H]3[C@H](CN2C1=O)C3(C)C. The third kappa shape index (κ3) is 19.4. The number of amides is 6. The topological polar surface area (TPSA) is 245 Å². The molecule has 94 heavy (non-hydrogen) atoms. The number of nitrogens with one attached hydrogen (secondary N) is 2. The van der Waals surface area contributed by atoms with Crippen LogP contribution in [0.4, 0.5) is 0 Å². The minimum Gasteiger partial charge on any atom is -0.385 e. The summed E-state index contributed by atoms with van der Waals surface area (Å²) in [4.78, 5) is 154. The highest BCUT2D eigenvalue weighted by molar-refractivity contribution is 6.38. The van der Waals surface area contributed by atoms with E-state index >= 15 is 0 Å². The molecule has 518 valence electrons. The first-order valence-electron chi connectivity index (χ1n) is 35.7. The van der Waals surface area contributed by atoms with Crippen LogP contribution in [0, 0.1) is 58.2 Å². The lowest BCUT2D eigenvalue weighted by atomic mass is 9.84. The lowest BCUT2D eigenvalue weighted by Crippen LogP contribution is -2.48. The van der Waals surface area contributed by atoms with Gasteiger partial charge in [0.05, 0.1) is 12.1 Å². The average molecular weight is 1300 g/mol. The fourth-order valence-corrected chi connectivity index (χ4v) is 15.9. The fraction of sp³-hybridized carbons (Fsp3) is 0.697. The Balaban J connectivity index is 0.000000266. The van der Waals surface area contributed by atoms with Crippen molar-refractivity contribution in [2.75, 3.05) is 41.3 Å². The van der Waals surface area contributed by atoms with Gasteiger partial charge in [-0.3, -0.25) is 52.7 Å². The van der Waals surface area contributed by atoms with Crippen LogP contribution in [0.5, 0.6) is 0 Å². The van der Waals surface area contributed by atoms with Crippen LogP contribution >= 0.6 is 0 Å². The molecule has 0 radical (unpaired) electrons. The number of aliphatic hydroxyl groups is 1. The summed E-state index contributed by atoms with van der Waals surface area (Å²) < 4.78 is 0. The van der Waals surface area contributed by atoms with Crippen molar-refractivity contribution in [2.45, 2.75) is 239 Å². The maximum Gasteiger partial charge on any atom is 0.249 e. The van der Waals surface area contributed by atoms with E-state index in [0.717, 1.165) is 116 Å². The normalized spacial score (nSPS) is 27.9. The molecular weight excluding hydrogens is 1190 g/mol. The Morgan fingerprint density at radius 1 is 0.500 bits per heavy atom. The van der Waals surface area contributed by atoms with Gasteiger partial charge in [-0.1, -0.05) is 205 Å². The number of hydrogen-bond donors (Lipinski definition) is 3. The summed E-state index contributed by atoms with van der Waals surface area (Å²) in [6.45, 7) is 13.7. The molecule has 2 aromatic rings. The van der Waals surface area contributed by atoms with Gasteiger partial charge in [0, 0.05) is 97.6 Å². The van der Waals surface area contributed by atoms with E-state index < -0.39 is 71.3 Å². The zero-order valence-corrected chi connectivity index (χ0v) is 58.3. The molecule has 2 aromatic carbocycles. The molecule has 3 N–H and O–H groups in total. The van der Waals surface area contributed by atoms with Crippen LogP contribution in [0.25, 0.3) is 0 Å². The van der Waals surface area contributed by atoms with E-state index in [1.807, 2.05) is 30.9 Å². The van der Waals surface area contributed by atoms with E-state index in [-0.39, 0.29) is 114 Å². The maximum absolute atomic E-state index is 14.1. The second kappa shape index (κ2) is 34.5. The zero-order valence-electron chi connectivity index (χ0n) is 58.3. The highest BCUT2D eigenvalue weighted by Crippen LogP contribution is 2.66. The first-order chi connectivity index (χ1) is 44.7. The number of carbonyl (C=O) groups excluding carboxylic acids is 11. The van der Waals surface area contributed by atoms with Gasteiger partial charge in [0.25, 0.3) is 0 Å². The number of likely N-dealkylation sites (N-methyl/N-ethyl adjacent to an activating group) is 2. The number of benzene rings is 2. The van der Waals surface area contributed by atoms with Crippen LogP contribution in [-0.4, -0.2) is 149 Å². The van der Waals surface area contributed by atoms with Crippen molar-refractivity contribution in [3.8, 4) is 0 Å².